The van der Waals surface area contributed by atoms with Crippen LogP contribution in [0, 0.1) is 5.41 Å². The van der Waals surface area contributed by atoms with Crippen molar-refractivity contribution in [1.29, 1.82) is 0 Å². The van der Waals surface area contributed by atoms with E-state index in [0.29, 0.717) is 5.41 Å². The quantitative estimate of drug-likeness (QED) is 0.630. The monoisotopic (exact) mass is 272 g/mol. The van der Waals surface area contributed by atoms with Crippen LogP contribution in [0.15, 0.2) is 41.8 Å². The highest BCUT2D eigenvalue weighted by atomic mass is 32.1. The molecule has 19 heavy (non-hydrogen) atoms. The van der Waals surface area contributed by atoms with Gasteiger partial charge in [-0.2, -0.15) is 0 Å². The largest absolute Gasteiger partial charge is 0.144 e. The molecule has 0 atom stereocenters. The van der Waals surface area contributed by atoms with Crippen molar-refractivity contribution in [3.63, 3.8) is 0 Å². The fraction of sp³-hybridized carbons (Fsp3) is 0.444. The van der Waals surface area contributed by atoms with Crippen LogP contribution in [0.1, 0.15) is 46.6 Å². The average Bonchev–Trinajstić information content (AvgIpc) is 2.76. The average molecular weight is 272 g/mol. The van der Waals surface area contributed by atoms with Crippen molar-refractivity contribution in [2.75, 3.05) is 0 Å². The SMILES string of the molecule is CC(C)(C)CC(C)(C)c1ccsc1-c1ccccc1. The third-order valence-corrected chi connectivity index (χ3v) is 4.37. The summed E-state index contributed by atoms with van der Waals surface area (Å²) in [5, 5.41) is 2.22. The van der Waals surface area contributed by atoms with Gasteiger partial charge in [0.15, 0.2) is 0 Å². The van der Waals surface area contributed by atoms with Crippen molar-refractivity contribution in [2.45, 2.75) is 46.5 Å². The van der Waals surface area contributed by atoms with Gasteiger partial charge in [-0.15, -0.1) is 11.3 Å². The number of benzene rings is 1. The van der Waals surface area contributed by atoms with E-state index in [9.17, 15) is 0 Å². The summed E-state index contributed by atoms with van der Waals surface area (Å²) >= 11 is 1.86. The Bertz CT molecular complexity index is 526. The summed E-state index contributed by atoms with van der Waals surface area (Å²) in [6.07, 6.45) is 1.19. The van der Waals surface area contributed by atoms with Crippen molar-refractivity contribution in [3.8, 4) is 10.4 Å². The standard InChI is InChI=1S/C18H24S/c1-17(2,3)13-18(4,5)15-11-12-19-16(15)14-9-7-6-8-10-14/h6-12H,13H2,1-5H3. The molecule has 0 aliphatic carbocycles. The minimum absolute atomic E-state index is 0.212. The number of thiophene rings is 1. The van der Waals surface area contributed by atoms with Crippen LogP contribution in [0.3, 0.4) is 0 Å². The van der Waals surface area contributed by atoms with Crippen LogP contribution < -0.4 is 0 Å². The Morgan fingerprint density at radius 1 is 0.895 bits per heavy atom. The second-order valence-electron chi connectivity index (χ2n) is 7.15. The van der Waals surface area contributed by atoms with Crippen molar-refractivity contribution in [2.24, 2.45) is 5.41 Å². The highest BCUT2D eigenvalue weighted by molar-refractivity contribution is 7.13. The van der Waals surface area contributed by atoms with Crippen LogP contribution in [0.25, 0.3) is 10.4 Å². The minimum Gasteiger partial charge on any atom is -0.144 e. The topological polar surface area (TPSA) is 0 Å². The van der Waals surface area contributed by atoms with E-state index in [2.05, 4.69) is 76.4 Å². The predicted octanol–water partition coefficient (Wildman–Crippen LogP) is 6.13. The van der Waals surface area contributed by atoms with E-state index in [1.54, 1.807) is 0 Å². The molecule has 0 N–H and O–H groups in total. The molecule has 0 bridgehead atoms. The molecule has 1 aromatic carbocycles. The smallest absolute Gasteiger partial charge is 0.0380 e. The van der Waals surface area contributed by atoms with Gasteiger partial charge in [0.1, 0.15) is 0 Å². The first kappa shape index (κ1) is 14.3. The second-order valence-corrected chi connectivity index (χ2v) is 8.07. The van der Waals surface area contributed by atoms with Gasteiger partial charge in [0.05, 0.1) is 0 Å². The molecular formula is C18H24S. The number of rotatable bonds is 3. The van der Waals surface area contributed by atoms with E-state index >= 15 is 0 Å². The Morgan fingerprint density at radius 2 is 1.53 bits per heavy atom. The van der Waals surface area contributed by atoms with E-state index in [1.807, 2.05) is 11.3 Å². The third kappa shape index (κ3) is 3.48. The van der Waals surface area contributed by atoms with E-state index in [-0.39, 0.29) is 5.41 Å². The lowest BCUT2D eigenvalue weighted by atomic mass is 9.72. The summed E-state index contributed by atoms with van der Waals surface area (Å²) < 4.78 is 0. The summed E-state index contributed by atoms with van der Waals surface area (Å²) in [5.74, 6) is 0. The number of hydrogen-bond acceptors (Lipinski definition) is 1. The maximum atomic E-state index is 2.37. The molecule has 0 unspecified atom stereocenters. The first-order valence-corrected chi connectivity index (χ1v) is 7.81. The van der Waals surface area contributed by atoms with E-state index in [0.717, 1.165) is 0 Å². The summed E-state index contributed by atoms with van der Waals surface area (Å²) in [6.45, 7) is 11.7. The third-order valence-electron chi connectivity index (χ3n) is 3.40. The molecule has 1 heteroatoms. The molecule has 0 aliphatic rings. The number of hydrogen-bond donors (Lipinski definition) is 0. The van der Waals surface area contributed by atoms with E-state index in [1.165, 1.54) is 22.4 Å². The van der Waals surface area contributed by atoms with Crippen molar-refractivity contribution < 1.29 is 0 Å². The molecule has 102 valence electrons. The van der Waals surface area contributed by atoms with Gasteiger partial charge >= 0.3 is 0 Å². The molecule has 0 saturated carbocycles. The lowest BCUT2D eigenvalue weighted by molar-refractivity contribution is 0.285. The first-order valence-electron chi connectivity index (χ1n) is 6.93. The molecule has 1 heterocycles. The zero-order valence-electron chi connectivity index (χ0n) is 12.7. The molecule has 0 saturated heterocycles. The van der Waals surface area contributed by atoms with Gasteiger partial charge in [-0.1, -0.05) is 65.0 Å². The fourth-order valence-corrected chi connectivity index (χ4v) is 4.16. The molecule has 0 radical (unpaired) electrons. The van der Waals surface area contributed by atoms with Crippen LogP contribution >= 0.6 is 11.3 Å². The Balaban J connectivity index is 2.40. The lowest BCUT2D eigenvalue weighted by Crippen LogP contribution is -2.24. The fourth-order valence-electron chi connectivity index (χ4n) is 3.08. The van der Waals surface area contributed by atoms with E-state index < -0.39 is 0 Å². The van der Waals surface area contributed by atoms with Crippen LogP contribution in [-0.2, 0) is 5.41 Å². The Labute approximate surface area is 121 Å². The summed E-state index contributed by atoms with van der Waals surface area (Å²) in [4.78, 5) is 1.43. The van der Waals surface area contributed by atoms with Crippen molar-refractivity contribution in [1.82, 2.24) is 0 Å². The molecule has 0 fully saturated rings. The van der Waals surface area contributed by atoms with Crippen molar-refractivity contribution >= 4 is 11.3 Å². The van der Waals surface area contributed by atoms with Crippen molar-refractivity contribution in [3.05, 3.63) is 47.3 Å². The predicted molar refractivity (Wildman–Crippen MR) is 86.9 cm³/mol. The summed E-state index contributed by atoms with van der Waals surface area (Å²) in [6, 6.07) is 13.0. The Kier molecular flexibility index (Phi) is 3.87. The van der Waals surface area contributed by atoms with Crippen LogP contribution in [0.5, 0.6) is 0 Å². The summed E-state index contributed by atoms with van der Waals surface area (Å²) in [5.41, 5.74) is 3.39. The van der Waals surface area contributed by atoms with Gasteiger partial charge in [-0.05, 0) is 39.8 Å². The molecule has 0 spiro atoms. The molecule has 1 aromatic heterocycles. The first-order chi connectivity index (χ1) is 8.80. The highest BCUT2D eigenvalue weighted by Gasteiger charge is 2.30. The zero-order valence-corrected chi connectivity index (χ0v) is 13.5. The Morgan fingerprint density at radius 3 is 2.11 bits per heavy atom. The molecule has 0 amide bonds. The maximum Gasteiger partial charge on any atom is 0.0380 e. The molecular weight excluding hydrogens is 248 g/mol. The van der Waals surface area contributed by atoms with Gasteiger partial charge < -0.3 is 0 Å². The van der Waals surface area contributed by atoms with Crippen LogP contribution in [0.2, 0.25) is 0 Å². The maximum absolute atomic E-state index is 2.37. The minimum atomic E-state index is 0.212. The Hall–Kier alpha value is -1.08. The highest BCUT2D eigenvalue weighted by Crippen LogP contribution is 2.42. The van der Waals surface area contributed by atoms with Gasteiger partial charge in [-0.3, -0.25) is 0 Å². The molecule has 2 aromatic rings. The lowest BCUT2D eigenvalue weighted by Gasteiger charge is -2.33. The second kappa shape index (κ2) is 5.13. The van der Waals surface area contributed by atoms with Crippen LogP contribution in [0.4, 0.5) is 0 Å². The van der Waals surface area contributed by atoms with Gasteiger partial charge in [-0.25, -0.2) is 0 Å². The van der Waals surface area contributed by atoms with Gasteiger partial charge in [0.25, 0.3) is 0 Å². The molecule has 0 aliphatic heterocycles. The van der Waals surface area contributed by atoms with E-state index in [4.69, 9.17) is 0 Å². The zero-order chi connectivity index (χ0) is 14.1. The van der Waals surface area contributed by atoms with Gasteiger partial charge in [0, 0.05) is 4.88 Å². The summed E-state index contributed by atoms with van der Waals surface area (Å²) in [7, 11) is 0. The van der Waals surface area contributed by atoms with Gasteiger partial charge in [0.2, 0.25) is 0 Å². The van der Waals surface area contributed by atoms with Crippen LogP contribution in [-0.4, -0.2) is 0 Å². The molecule has 2 rings (SSSR count). The normalized spacial score (nSPS) is 12.7. The molecule has 0 nitrogen and oxygen atoms in total.